The van der Waals surface area contributed by atoms with Crippen molar-refractivity contribution in [3.8, 4) is 11.1 Å². The number of carboxylic acids is 1. The summed E-state index contributed by atoms with van der Waals surface area (Å²) < 4.78 is 55.7. The Morgan fingerprint density at radius 1 is 1.00 bits per heavy atom. The van der Waals surface area contributed by atoms with E-state index in [1.165, 1.54) is 12.1 Å². The number of aliphatic carboxylic acids is 1. The Kier molecular flexibility index (Phi) is 6.45. The van der Waals surface area contributed by atoms with E-state index in [1.54, 1.807) is 36.4 Å². The number of halogens is 4. The number of alkyl halides is 3. The van der Waals surface area contributed by atoms with Crippen LogP contribution in [0.2, 0.25) is 0 Å². The van der Waals surface area contributed by atoms with Gasteiger partial charge < -0.3 is 10.4 Å². The van der Waals surface area contributed by atoms with Gasteiger partial charge in [0.2, 0.25) is 0 Å². The highest BCUT2D eigenvalue weighted by Gasteiger charge is 2.39. The minimum Gasteiger partial charge on any atom is -0.481 e. The Labute approximate surface area is 212 Å². The fraction of sp³-hybridized carbons (Fsp3) is 0.222. The standard InChI is InChI=1S/C27H20F4N2O3S/c28-22-19(24(34)17-7-4-8-18(17)25(35)36)11-10-16(14-5-2-1-3-6-14)23(22)33-26-32-20-12-9-15(27(29,30)31)13-21(20)37-26/h1-3,5-6,9-13,17-18H,4,7-8H2,(H,32,33)(H,35,36)/t17-,18-/m1/s1. The molecule has 1 fully saturated rings. The predicted molar refractivity (Wildman–Crippen MR) is 133 cm³/mol. The van der Waals surface area contributed by atoms with Crippen LogP contribution in [0.1, 0.15) is 35.2 Å². The average Bonchev–Trinajstić information content (AvgIpc) is 3.51. The number of Topliss-reactive ketones (excluding diaryl/α,β-unsaturated/α-hetero) is 1. The second kappa shape index (κ2) is 9.59. The van der Waals surface area contributed by atoms with Crippen LogP contribution in [0.15, 0.2) is 60.7 Å². The fourth-order valence-electron chi connectivity index (χ4n) is 4.78. The van der Waals surface area contributed by atoms with Crippen molar-refractivity contribution in [2.24, 2.45) is 11.8 Å². The third-order valence-corrected chi connectivity index (χ3v) is 7.54. The molecule has 1 aromatic heterocycles. The molecule has 10 heteroatoms. The van der Waals surface area contributed by atoms with Crippen LogP contribution >= 0.6 is 11.3 Å². The number of carboxylic acid groups (broad SMARTS) is 1. The molecule has 0 unspecified atom stereocenters. The average molecular weight is 529 g/mol. The van der Waals surface area contributed by atoms with Gasteiger partial charge in [0.1, 0.15) is 0 Å². The smallest absolute Gasteiger partial charge is 0.416 e. The number of ketones is 1. The Hall–Kier alpha value is -3.79. The molecule has 5 rings (SSSR count). The zero-order valence-electron chi connectivity index (χ0n) is 19.2. The summed E-state index contributed by atoms with van der Waals surface area (Å²) in [6, 6.07) is 14.9. The van der Waals surface area contributed by atoms with Crippen molar-refractivity contribution in [3.63, 3.8) is 0 Å². The minimum atomic E-state index is -4.51. The number of nitrogens with zero attached hydrogens (tertiary/aromatic N) is 1. The predicted octanol–water partition coefficient (Wildman–Crippen LogP) is 7.55. The maximum atomic E-state index is 16.0. The van der Waals surface area contributed by atoms with E-state index in [9.17, 15) is 27.9 Å². The molecule has 1 heterocycles. The first kappa shape index (κ1) is 24.9. The molecule has 4 aromatic rings. The van der Waals surface area contributed by atoms with Gasteiger partial charge in [-0.25, -0.2) is 9.37 Å². The summed E-state index contributed by atoms with van der Waals surface area (Å²) in [5.74, 6) is -4.22. The van der Waals surface area contributed by atoms with Crippen molar-refractivity contribution >= 4 is 44.1 Å². The number of carbonyl (C=O) groups is 2. The molecular formula is C27H20F4N2O3S. The number of anilines is 2. The monoisotopic (exact) mass is 528 g/mol. The van der Waals surface area contributed by atoms with Gasteiger partial charge in [-0.2, -0.15) is 13.2 Å². The molecule has 2 atom stereocenters. The molecule has 0 bridgehead atoms. The molecule has 5 nitrogen and oxygen atoms in total. The second-order valence-corrected chi connectivity index (χ2v) is 9.92. The van der Waals surface area contributed by atoms with Gasteiger partial charge in [0.25, 0.3) is 0 Å². The number of hydrogen-bond donors (Lipinski definition) is 2. The van der Waals surface area contributed by atoms with Gasteiger partial charge >= 0.3 is 12.1 Å². The van der Waals surface area contributed by atoms with E-state index >= 15 is 4.39 Å². The molecule has 37 heavy (non-hydrogen) atoms. The summed E-state index contributed by atoms with van der Waals surface area (Å²) in [5.41, 5.74) is 0.268. The Bertz CT molecular complexity index is 1500. The summed E-state index contributed by atoms with van der Waals surface area (Å²) in [7, 11) is 0. The number of hydrogen-bond acceptors (Lipinski definition) is 5. The van der Waals surface area contributed by atoms with Gasteiger partial charge in [-0.15, -0.1) is 0 Å². The van der Waals surface area contributed by atoms with Crippen molar-refractivity contribution in [3.05, 3.63) is 77.6 Å². The zero-order valence-corrected chi connectivity index (χ0v) is 20.0. The van der Waals surface area contributed by atoms with E-state index in [-0.39, 0.29) is 21.1 Å². The van der Waals surface area contributed by atoms with Crippen LogP contribution in [-0.4, -0.2) is 21.8 Å². The molecule has 3 aromatic carbocycles. The first-order chi connectivity index (χ1) is 17.6. The van der Waals surface area contributed by atoms with E-state index in [2.05, 4.69) is 10.3 Å². The fourth-order valence-corrected chi connectivity index (χ4v) is 5.69. The molecule has 190 valence electrons. The first-order valence-electron chi connectivity index (χ1n) is 11.5. The summed E-state index contributed by atoms with van der Waals surface area (Å²) in [6.07, 6.45) is -3.24. The van der Waals surface area contributed by atoms with E-state index in [1.807, 2.05) is 0 Å². The molecule has 2 N–H and O–H groups in total. The number of fused-ring (bicyclic) bond motifs is 1. The summed E-state index contributed by atoms with van der Waals surface area (Å²) in [5, 5.41) is 12.5. The molecule has 0 spiro atoms. The Balaban J connectivity index is 1.58. The lowest BCUT2D eigenvalue weighted by atomic mass is 9.87. The quantitative estimate of drug-likeness (QED) is 0.200. The van der Waals surface area contributed by atoms with Crippen molar-refractivity contribution in [1.29, 1.82) is 0 Å². The second-order valence-electron chi connectivity index (χ2n) is 8.89. The van der Waals surface area contributed by atoms with E-state index in [0.717, 1.165) is 23.5 Å². The lowest BCUT2D eigenvalue weighted by Crippen LogP contribution is -2.26. The van der Waals surface area contributed by atoms with Crippen molar-refractivity contribution in [1.82, 2.24) is 4.98 Å². The highest BCUT2D eigenvalue weighted by molar-refractivity contribution is 7.22. The molecule has 0 radical (unpaired) electrons. The molecule has 0 aliphatic heterocycles. The third kappa shape index (κ3) is 4.81. The van der Waals surface area contributed by atoms with Crippen LogP contribution in [0.3, 0.4) is 0 Å². The third-order valence-electron chi connectivity index (χ3n) is 6.61. The number of aromatic nitrogens is 1. The number of benzene rings is 3. The molecule has 1 saturated carbocycles. The lowest BCUT2D eigenvalue weighted by Gasteiger charge is -2.18. The maximum absolute atomic E-state index is 16.0. The summed E-state index contributed by atoms with van der Waals surface area (Å²) in [6.45, 7) is 0. The van der Waals surface area contributed by atoms with Crippen LogP contribution in [0.4, 0.5) is 28.4 Å². The zero-order chi connectivity index (χ0) is 26.3. The van der Waals surface area contributed by atoms with Crippen molar-refractivity contribution in [2.75, 3.05) is 5.32 Å². The Morgan fingerprint density at radius 2 is 1.73 bits per heavy atom. The molecule has 0 amide bonds. The highest BCUT2D eigenvalue weighted by Crippen LogP contribution is 2.40. The van der Waals surface area contributed by atoms with Gasteiger partial charge in [0, 0.05) is 11.5 Å². The SMILES string of the molecule is O=C(O)[C@@H]1CCC[C@H]1C(=O)c1ccc(-c2ccccc2)c(Nc2nc3ccc(C(F)(F)F)cc3s2)c1F. The van der Waals surface area contributed by atoms with E-state index < -0.39 is 41.1 Å². The van der Waals surface area contributed by atoms with Crippen molar-refractivity contribution < 1.29 is 32.3 Å². The highest BCUT2D eigenvalue weighted by atomic mass is 32.1. The summed E-state index contributed by atoms with van der Waals surface area (Å²) >= 11 is 0.927. The maximum Gasteiger partial charge on any atom is 0.416 e. The van der Waals surface area contributed by atoms with Gasteiger partial charge in [-0.1, -0.05) is 54.2 Å². The summed E-state index contributed by atoms with van der Waals surface area (Å²) in [4.78, 5) is 29.2. The normalized spacial score (nSPS) is 17.7. The molecule has 1 aliphatic carbocycles. The van der Waals surface area contributed by atoms with E-state index in [4.69, 9.17) is 0 Å². The topological polar surface area (TPSA) is 79.3 Å². The number of rotatable bonds is 6. The molecule has 1 aliphatic rings. The largest absolute Gasteiger partial charge is 0.481 e. The van der Waals surface area contributed by atoms with Crippen LogP contribution in [0.5, 0.6) is 0 Å². The van der Waals surface area contributed by atoms with Crippen molar-refractivity contribution in [2.45, 2.75) is 25.4 Å². The molecular weight excluding hydrogens is 508 g/mol. The lowest BCUT2D eigenvalue weighted by molar-refractivity contribution is -0.142. The molecule has 0 saturated heterocycles. The van der Waals surface area contributed by atoms with Crippen LogP contribution in [-0.2, 0) is 11.0 Å². The number of thiazole rings is 1. The van der Waals surface area contributed by atoms with Crippen LogP contribution < -0.4 is 5.32 Å². The number of carbonyl (C=O) groups excluding carboxylic acids is 1. The van der Waals surface area contributed by atoms with Crippen LogP contribution in [0.25, 0.3) is 21.3 Å². The van der Waals surface area contributed by atoms with Gasteiger partial charge in [0.05, 0.1) is 32.9 Å². The Morgan fingerprint density at radius 3 is 2.43 bits per heavy atom. The first-order valence-corrected chi connectivity index (χ1v) is 12.3. The number of nitrogens with one attached hydrogen (secondary N) is 1. The van der Waals surface area contributed by atoms with Gasteiger partial charge in [-0.05, 0) is 42.7 Å². The van der Waals surface area contributed by atoms with E-state index in [0.29, 0.717) is 35.9 Å². The van der Waals surface area contributed by atoms with Crippen LogP contribution in [0, 0.1) is 17.7 Å². The van der Waals surface area contributed by atoms with Gasteiger partial charge in [0.15, 0.2) is 16.7 Å². The minimum absolute atomic E-state index is 0.0583. The van der Waals surface area contributed by atoms with Gasteiger partial charge in [-0.3, -0.25) is 9.59 Å².